The molecule has 1 aromatic carbocycles. The maximum atomic E-state index is 13.8. The third kappa shape index (κ3) is 2.51. The van der Waals surface area contributed by atoms with E-state index in [1.165, 1.54) is 6.07 Å². The monoisotopic (exact) mass is 225 g/mol. The number of nitrogens with one attached hydrogen (secondary N) is 1. The van der Waals surface area contributed by atoms with Gasteiger partial charge in [-0.1, -0.05) is 0 Å². The SMILES string of the molecule is CCOc1ccc(C2CNCCO2)c(F)c1. The van der Waals surface area contributed by atoms with E-state index in [0.29, 0.717) is 31.1 Å². The molecule has 0 saturated carbocycles. The molecule has 0 radical (unpaired) electrons. The third-order valence-electron chi connectivity index (χ3n) is 2.56. The zero-order chi connectivity index (χ0) is 11.4. The Morgan fingerprint density at radius 3 is 3.06 bits per heavy atom. The van der Waals surface area contributed by atoms with Crippen LogP contribution in [0.1, 0.15) is 18.6 Å². The molecule has 1 unspecified atom stereocenters. The summed E-state index contributed by atoms with van der Waals surface area (Å²) in [5.74, 6) is 0.298. The van der Waals surface area contributed by atoms with Crippen molar-refractivity contribution in [3.05, 3.63) is 29.6 Å². The van der Waals surface area contributed by atoms with E-state index < -0.39 is 0 Å². The highest BCUT2D eigenvalue weighted by Gasteiger charge is 2.19. The van der Waals surface area contributed by atoms with Crippen LogP contribution in [0.4, 0.5) is 4.39 Å². The van der Waals surface area contributed by atoms with Crippen molar-refractivity contribution in [1.29, 1.82) is 0 Å². The van der Waals surface area contributed by atoms with Crippen LogP contribution in [-0.4, -0.2) is 26.3 Å². The van der Waals surface area contributed by atoms with Gasteiger partial charge in [0.25, 0.3) is 0 Å². The third-order valence-corrected chi connectivity index (χ3v) is 2.56. The Bertz CT molecular complexity index is 351. The average Bonchev–Trinajstić information content (AvgIpc) is 2.31. The summed E-state index contributed by atoms with van der Waals surface area (Å²) in [6, 6.07) is 4.93. The first-order valence-electron chi connectivity index (χ1n) is 5.56. The van der Waals surface area contributed by atoms with E-state index in [2.05, 4.69) is 5.32 Å². The van der Waals surface area contributed by atoms with E-state index in [-0.39, 0.29) is 11.9 Å². The summed E-state index contributed by atoms with van der Waals surface area (Å²) in [4.78, 5) is 0. The van der Waals surface area contributed by atoms with E-state index >= 15 is 0 Å². The first kappa shape index (κ1) is 11.4. The molecule has 1 N–H and O–H groups in total. The first-order valence-corrected chi connectivity index (χ1v) is 5.56. The number of halogens is 1. The first-order chi connectivity index (χ1) is 7.81. The predicted octanol–water partition coefficient (Wildman–Crippen LogP) is 1.89. The van der Waals surface area contributed by atoms with Gasteiger partial charge in [0, 0.05) is 24.7 Å². The standard InChI is InChI=1S/C12H16FNO2/c1-2-15-9-3-4-10(11(13)7-9)12-8-14-5-6-16-12/h3-4,7,12,14H,2,5-6,8H2,1H3. The lowest BCUT2D eigenvalue weighted by Gasteiger charge is -2.24. The largest absolute Gasteiger partial charge is 0.494 e. The Labute approximate surface area is 94.6 Å². The molecule has 1 aliphatic heterocycles. The van der Waals surface area contributed by atoms with Crippen molar-refractivity contribution >= 4 is 0 Å². The van der Waals surface area contributed by atoms with Gasteiger partial charge in [-0.05, 0) is 19.1 Å². The minimum atomic E-state index is -0.264. The Balaban J connectivity index is 2.14. The molecule has 1 aromatic rings. The summed E-state index contributed by atoms with van der Waals surface area (Å²) < 4.78 is 24.5. The van der Waals surface area contributed by atoms with Gasteiger partial charge in [0.05, 0.1) is 19.3 Å². The molecule has 88 valence electrons. The lowest BCUT2D eigenvalue weighted by atomic mass is 10.1. The second-order valence-electron chi connectivity index (χ2n) is 3.68. The summed E-state index contributed by atoms with van der Waals surface area (Å²) >= 11 is 0. The predicted molar refractivity (Wildman–Crippen MR) is 59.1 cm³/mol. The Hall–Kier alpha value is -1.13. The van der Waals surface area contributed by atoms with Gasteiger partial charge in [-0.15, -0.1) is 0 Å². The van der Waals surface area contributed by atoms with Crippen molar-refractivity contribution in [2.45, 2.75) is 13.0 Å². The molecule has 4 heteroatoms. The molecule has 1 fully saturated rings. The fraction of sp³-hybridized carbons (Fsp3) is 0.500. The zero-order valence-corrected chi connectivity index (χ0v) is 9.33. The van der Waals surface area contributed by atoms with Gasteiger partial charge in [0.15, 0.2) is 0 Å². The van der Waals surface area contributed by atoms with Crippen LogP contribution in [0.5, 0.6) is 5.75 Å². The molecule has 0 spiro atoms. The molecular formula is C12H16FNO2. The van der Waals surface area contributed by atoms with Crippen molar-refractivity contribution in [1.82, 2.24) is 5.32 Å². The summed E-state index contributed by atoms with van der Waals surface area (Å²) in [6.45, 7) is 4.53. The minimum absolute atomic E-state index is 0.190. The molecular weight excluding hydrogens is 209 g/mol. The Morgan fingerprint density at radius 2 is 2.44 bits per heavy atom. The van der Waals surface area contributed by atoms with Gasteiger partial charge in [-0.25, -0.2) is 4.39 Å². The molecule has 1 saturated heterocycles. The van der Waals surface area contributed by atoms with Gasteiger partial charge in [-0.3, -0.25) is 0 Å². The minimum Gasteiger partial charge on any atom is -0.494 e. The van der Waals surface area contributed by atoms with Crippen molar-refractivity contribution < 1.29 is 13.9 Å². The van der Waals surface area contributed by atoms with E-state index in [9.17, 15) is 4.39 Å². The highest BCUT2D eigenvalue weighted by atomic mass is 19.1. The van der Waals surface area contributed by atoms with E-state index in [0.717, 1.165) is 6.54 Å². The van der Waals surface area contributed by atoms with Gasteiger partial charge in [-0.2, -0.15) is 0 Å². The smallest absolute Gasteiger partial charge is 0.132 e. The molecule has 16 heavy (non-hydrogen) atoms. The number of hydrogen-bond acceptors (Lipinski definition) is 3. The van der Waals surface area contributed by atoms with E-state index in [1.54, 1.807) is 12.1 Å². The molecule has 2 rings (SSSR count). The van der Waals surface area contributed by atoms with Crippen LogP contribution in [-0.2, 0) is 4.74 Å². The highest BCUT2D eigenvalue weighted by molar-refractivity contribution is 5.30. The van der Waals surface area contributed by atoms with Crippen LogP contribution in [0.15, 0.2) is 18.2 Å². The fourth-order valence-electron chi connectivity index (χ4n) is 1.79. The van der Waals surface area contributed by atoms with Crippen molar-refractivity contribution in [2.24, 2.45) is 0 Å². The summed E-state index contributed by atoms with van der Waals surface area (Å²) in [5.41, 5.74) is 0.593. The topological polar surface area (TPSA) is 30.5 Å². The lowest BCUT2D eigenvalue weighted by Crippen LogP contribution is -2.33. The van der Waals surface area contributed by atoms with Gasteiger partial charge >= 0.3 is 0 Å². The summed E-state index contributed by atoms with van der Waals surface area (Å²) in [7, 11) is 0. The number of morpholine rings is 1. The number of benzene rings is 1. The maximum Gasteiger partial charge on any atom is 0.132 e. The van der Waals surface area contributed by atoms with E-state index in [1.807, 2.05) is 6.92 Å². The quantitative estimate of drug-likeness (QED) is 0.852. The second kappa shape index (κ2) is 5.27. The van der Waals surface area contributed by atoms with Gasteiger partial charge in [0.1, 0.15) is 11.6 Å². The van der Waals surface area contributed by atoms with Crippen LogP contribution in [0.25, 0.3) is 0 Å². The second-order valence-corrected chi connectivity index (χ2v) is 3.68. The molecule has 0 aliphatic carbocycles. The Morgan fingerprint density at radius 1 is 1.56 bits per heavy atom. The van der Waals surface area contributed by atoms with Crippen LogP contribution in [0.2, 0.25) is 0 Å². The summed E-state index contributed by atoms with van der Waals surface area (Å²) in [6.07, 6.45) is -0.190. The van der Waals surface area contributed by atoms with Gasteiger partial charge < -0.3 is 14.8 Å². The van der Waals surface area contributed by atoms with Crippen LogP contribution in [0, 0.1) is 5.82 Å². The van der Waals surface area contributed by atoms with Crippen molar-refractivity contribution in [3.63, 3.8) is 0 Å². The maximum absolute atomic E-state index is 13.8. The molecule has 0 aromatic heterocycles. The van der Waals surface area contributed by atoms with Crippen LogP contribution in [0.3, 0.4) is 0 Å². The zero-order valence-electron chi connectivity index (χ0n) is 9.33. The normalized spacial score (nSPS) is 20.8. The molecule has 1 heterocycles. The molecule has 3 nitrogen and oxygen atoms in total. The number of ether oxygens (including phenoxy) is 2. The molecule has 1 aliphatic rings. The van der Waals surface area contributed by atoms with E-state index in [4.69, 9.17) is 9.47 Å². The molecule has 0 bridgehead atoms. The average molecular weight is 225 g/mol. The van der Waals surface area contributed by atoms with Crippen molar-refractivity contribution in [2.75, 3.05) is 26.3 Å². The van der Waals surface area contributed by atoms with Crippen LogP contribution >= 0.6 is 0 Å². The fourth-order valence-corrected chi connectivity index (χ4v) is 1.79. The number of hydrogen-bond donors (Lipinski definition) is 1. The van der Waals surface area contributed by atoms with Crippen LogP contribution < -0.4 is 10.1 Å². The highest BCUT2D eigenvalue weighted by Crippen LogP contribution is 2.25. The van der Waals surface area contributed by atoms with Crippen molar-refractivity contribution in [3.8, 4) is 5.75 Å². The molecule has 1 atom stereocenters. The number of rotatable bonds is 3. The van der Waals surface area contributed by atoms with Gasteiger partial charge in [0.2, 0.25) is 0 Å². The Kier molecular flexibility index (Phi) is 3.74. The lowest BCUT2D eigenvalue weighted by molar-refractivity contribution is 0.0255. The summed E-state index contributed by atoms with van der Waals surface area (Å²) in [5, 5.41) is 3.18. The molecule has 0 amide bonds.